The molecule has 0 unspecified atom stereocenters. The Morgan fingerprint density at radius 2 is 2.03 bits per heavy atom. The summed E-state index contributed by atoms with van der Waals surface area (Å²) >= 11 is 6.23. The van der Waals surface area contributed by atoms with Crippen LogP contribution in [0.1, 0.15) is 6.92 Å². The van der Waals surface area contributed by atoms with E-state index in [-0.39, 0.29) is 12.4 Å². The molecule has 156 valence electrons. The van der Waals surface area contributed by atoms with Crippen LogP contribution >= 0.6 is 11.6 Å². The van der Waals surface area contributed by atoms with Gasteiger partial charge >= 0.3 is 0 Å². The number of aliphatic hydroxyl groups is 1. The number of ether oxygens (including phenoxy) is 1. The molecule has 2 aromatic heterocycles. The second-order valence-corrected chi connectivity index (χ2v) is 7.53. The van der Waals surface area contributed by atoms with Gasteiger partial charge < -0.3 is 19.9 Å². The average molecular weight is 426 g/mol. The summed E-state index contributed by atoms with van der Waals surface area (Å²) in [6, 6.07) is 13.0. The zero-order valence-corrected chi connectivity index (χ0v) is 17.5. The number of hydrogen-bond acceptors (Lipinski definition) is 5. The summed E-state index contributed by atoms with van der Waals surface area (Å²) in [5.74, 6) is 0.934. The lowest BCUT2D eigenvalue weighted by atomic mass is 9.99. The van der Waals surface area contributed by atoms with Crippen molar-refractivity contribution >= 4 is 33.5 Å². The topological polar surface area (TPSA) is 81.6 Å². The van der Waals surface area contributed by atoms with Crippen molar-refractivity contribution in [3.63, 3.8) is 0 Å². The maximum absolute atomic E-state index is 9.96. The number of hydrogen-bond donors (Lipinski definition) is 3. The van der Waals surface area contributed by atoms with Gasteiger partial charge in [0.2, 0.25) is 0 Å². The largest absolute Gasteiger partial charge is 0.508 e. The number of benzene rings is 2. The Bertz CT molecular complexity index is 1180. The third-order valence-electron chi connectivity index (χ3n) is 5.22. The van der Waals surface area contributed by atoms with E-state index in [9.17, 15) is 5.11 Å². The Balaban J connectivity index is 1.78. The van der Waals surface area contributed by atoms with Gasteiger partial charge in [-0.15, -0.1) is 0 Å². The number of aromatic nitrogens is 2. The summed E-state index contributed by atoms with van der Waals surface area (Å²) in [6.07, 6.45) is 1.61. The normalized spacial score (nSPS) is 11.6. The molecule has 30 heavy (non-hydrogen) atoms. The molecule has 2 heterocycles. The molecule has 0 aliphatic rings. The minimum atomic E-state index is 0.130. The van der Waals surface area contributed by atoms with Crippen LogP contribution in [0, 0.1) is 0 Å². The summed E-state index contributed by atoms with van der Waals surface area (Å²) in [5.41, 5.74) is 3.42. The van der Waals surface area contributed by atoms with Crippen LogP contribution in [0.2, 0.25) is 5.02 Å². The van der Waals surface area contributed by atoms with Crippen LogP contribution in [0.3, 0.4) is 0 Å². The summed E-state index contributed by atoms with van der Waals surface area (Å²) in [5, 5.41) is 21.5. The zero-order chi connectivity index (χ0) is 21.1. The maximum atomic E-state index is 9.96. The van der Waals surface area contributed by atoms with Gasteiger partial charge in [-0.25, -0.2) is 4.98 Å². The van der Waals surface area contributed by atoms with Gasteiger partial charge in [0.1, 0.15) is 23.8 Å². The fraction of sp³-hybridized carbons (Fsp3) is 0.261. The Labute approximate surface area is 179 Å². The molecule has 0 amide bonds. The fourth-order valence-corrected chi connectivity index (χ4v) is 3.88. The highest BCUT2D eigenvalue weighted by Crippen LogP contribution is 2.39. The molecular weight excluding hydrogens is 402 g/mol. The molecule has 4 aromatic rings. The molecule has 0 spiro atoms. The molecule has 3 N–H and O–H groups in total. The van der Waals surface area contributed by atoms with Gasteiger partial charge in [0.15, 0.2) is 0 Å². The minimum absolute atomic E-state index is 0.130. The number of likely N-dealkylation sites (N-methyl/N-ethyl adjacent to an activating group) is 1. The quantitative estimate of drug-likeness (QED) is 0.389. The maximum Gasteiger partial charge on any atom is 0.143 e. The van der Waals surface area contributed by atoms with Crippen LogP contribution in [-0.4, -0.2) is 57.9 Å². The molecular formula is C23H24ClN3O3. The first-order valence-corrected chi connectivity index (χ1v) is 10.3. The Kier molecular flexibility index (Phi) is 6.08. The lowest BCUT2D eigenvalue weighted by molar-refractivity contribution is 0.174. The lowest BCUT2D eigenvalue weighted by Crippen LogP contribution is -2.30. The van der Waals surface area contributed by atoms with Crippen LogP contribution in [-0.2, 0) is 0 Å². The molecule has 4 rings (SSSR count). The smallest absolute Gasteiger partial charge is 0.143 e. The summed E-state index contributed by atoms with van der Waals surface area (Å²) in [7, 11) is 0. The number of rotatable bonds is 8. The molecule has 0 aliphatic carbocycles. The molecule has 0 fully saturated rings. The van der Waals surface area contributed by atoms with Crippen molar-refractivity contribution in [2.45, 2.75) is 6.92 Å². The number of aliphatic hydroxyl groups excluding tert-OH is 1. The van der Waals surface area contributed by atoms with Crippen LogP contribution in [0.4, 0.5) is 0 Å². The second-order valence-electron chi connectivity index (χ2n) is 7.09. The number of nitrogens with one attached hydrogen (secondary N) is 1. The average Bonchev–Trinajstić information content (AvgIpc) is 3.12. The molecule has 0 bridgehead atoms. The van der Waals surface area contributed by atoms with Gasteiger partial charge in [0.05, 0.1) is 17.1 Å². The summed E-state index contributed by atoms with van der Waals surface area (Å²) < 4.78 is 6.11. The van der Waals surface area contributed by atoms with Crippen molar-refractivity contribution in [1.82, 2.24) is 14.9 Å². The van der Waals surface area contributed by atoms with Crippen LogP contribution in [0.15, 0.2) is 48.7 Å². The number of halogens is 1. The minimum Gasteiger partial charge on any atom is -0.508 e. The molecule has 0 radical (unpaired) electrons. The standard InChI is InChI=1S/C23H24ClN3O3/c1-2-27(8-10-28)9-11-30-20-7-6-18(15-4-3-5-17(29)12-15)21-19-13-16(24)14-25-23(19)26-22(20)21/h3-7,12-14,28-29H,2,8-11H2,1H3,(H,25,26). The van der Waals surface area contributed by atoms with E-state index in [0.29, 0.717) is 18.2 Å². The number of phenols is 1. The van der Waals surface area contributed by atoms with Crippen molar-refractivity contribution in [2.75, 3.05) is 32.8 Å². The van der Waals surface area contributed by atoms with Crippen LogP contribution in [0.5, 0.6) is 11.5 Å². The van der Waals surface area contributed by atoms with Gasteiger partial charge in [-0.3, -0.25) is 4.90 Å². The number of nitrogens with zero attached hydrogens (tertiary/aromatic N) is 2. The second kappa shape index (κ2) is 8.92. The van der Waals surface area contributed by atoms with Crippen LogP contribution in [0.25, 0.3) is 33.1 Å². The van der Waals surface area contributed by atoms with E-state index in [1.165, 1.54) is 0 Å². The first-order chi connectivity index (χ1) is 14.6. The monoisotopic (exact) mass is 425 g/mol. The lowest BCUT2D eigenvalue weighted by Gasteiger charge is -2.19. The molecule has 0 atom stereocenters. The van der Waals surface area contributed by atoms with Crippen molar-refractivity contribution in [2.24, 2.45) is 0 Å². The number of fused-ring (bicyclic) bond motifs is 3. The van der Waals surface area contributed by atoms with Gasteiger partial charge in [-0.05, 0) is 48.0 Å². The highest BCUT2D eigenvalue weighted by Gasteiger charge is 2.16. The third-order valence-corrected chi connectivity index (χ3v) is 5.43. The number of pyridine rings is 1. The van der Waals surface area contributed by atoms with Crippen LogP contribution < -0.4 is 4.74 Å². The van der Waals surface area contributed by atoms with Crippen molar-refractivity contribution in [1.29, 1.82) is 0 Å². The number of phenolic OH excluding ortho intramolecular Hbond substituents is 1. The van der Waals surface area contributed by atoms with E-state index in [1.54, 1.807) is 18.3 Å². The third kappa shape index (κ3) is 4.07. The number of aromatic hydroxyl groups is 1. The van der Waals surface area contributed by atoms with Gasteiger partial charge in [0.25, 0.3) is 0 Å². The Hall–Kier alpha value is -2.80. The first kappa shape index (κ1) is 20.5. The predicted molar refractivity (Wildman–Crippen MR) is 120 cm³/mol. The molecule has 2 aromatic carbocycles. The fourth-order valence-electron chi connectivity index (χ4n) is 3.72. The highest BCUT2D eigenvalue weighted by molar-refractivity contribution is 6.31. The summed E-state index contributed by atoms with van der Waals surface area (Å²) in [6.45, 7) is 4.89. The van der Waals surface area contributed by atoms with Crippen molar-refractivity contribution in [3.8, 4) is 22.6 Å². The highest BCUT2D eigenvalue weighted by atomic mass is 35.5. The van der Waals surface area contributed by atoms with Crippen molar-refractivity contribution in [3.05, 3.63) is 53.7 Å². The molecule has 6 nitrogen and oxygen atoms in total. The van der Waals surface area contributed by atoms with E-state index in [2.05, 4.69) is 21.8 Å². The summed E-state index contributed by atoms with van der Waals surface area (Å²) in [4.78, 5) is 9.92. The molecule has 0 saturated carbocycles. The predicted octanol–water partition coefficient (Wildman–Crippen LogP) is 4.44. The molecule has 0 aliphatic heterocycles. The SMILES string of the molecule is CCN(CCO)CCOc1ccc(-c2cccc(O)c2)c2c1[nH]c1ncc(Cl)cc12. The van der Waals surface area contributed by atoms with Gasteiger partial charge in [-0.2, -0.15) is 0 Å². The van der Waals surface area contributed by atoms with E-state index in [0.717, 1.165) is 51.9 Å². The first-order valence-electron chi connectivity index (χ1n) is 9.96. The molecule has 0 saturated heterocycles. The van der Waals surface area contributed by atoms with Gasteiger partial charge in [-0.1, -0.05) is 30.7 Å². The zero-order valence-electron chi connectivity index (χ0n) is 16.7. The van der Waals surface area contributed by atoms with Gasteiger partial charge in [0, 0.05) is 30.1 Å². The molecule has 7 heteroatoms. The van der Waals surface area contributed by atoms with Crippen molar-refractivity contribution < 1.29 is 14.9 Å². The van der Waals surface area contributed by atoms with E-state index < -0.39 is 0 Å². The number of aromatic amines is 1. The number of H-pyrrole nitrogens is 1. The Morgan fingerprint density at radius 1 is 1.17 bits per heavy atom. The van der Waals surface area contributed by atoms with E-state index >= 15 is 0 Å². The van der Waals surface area contributed by atoms with E-state index in [1.807, 2.05) is 30.3 Å². The Morgan fingerprint density at radius 3 is 2.80 bits per heavy atom. The van der Waals surface area contributed by atoms with E-state index in [4.69, 9.17) is 21.4 Å².